The molecule has 2 bridgehead atoms. The highest BCUT2D eigenvalue weighted by Gasteiger charge is 2.42. The molecular formula is C28H26Cl2N4O3. The Bertz CT molecular complexity index is 1440. The van der Waals surface area contributed by atoms with Crippen molar-refractivity contribution in [1.29, 1.82) is 0 Å². The number of hydrogen-bond acceptors (Lipinski definition) is 5. The third-order valence-corrected chi connectivity index (χ3v) is 7.69. The van der Waals surface area contributed by atoms with E-state index in [9.17, 15) is 4.79 Å². The van der Waals surface area contributed by atoms with Crippen LogP contribution < -0.4 is 4.74 Å². The first-order chi connectivity index (χ1) is 18.0. The van der Waals surface area contributed by atoms with E-state index in [2.05, 4.69) is 9.30 Å². The van der Waals surface area contributed by atoms with Crippen molar-refractivity contribution in [2.45, 2.75) is 18.6 Å². The molecule has 9 heteroatoms. The first kappa shape index (κ1) is 24.2. The van der Waals surface area contributed by atoms with Gasteiger partial charge in [0.15, 0.2) is 0 Å². The number of hydrogen-bond donors (Lipinski definition) is 0. The lowest BCUT2D eigenvalue weighted by Crippen LogP contribution is -2.65. The number of fused-ring (bicyclic) bond motifs is 3. The highest BCUT2D eigenvalue weighted by atomic mass is 35.5. The van der Waals surface area contributed by atoms with Crippen molar-refractivity contribution < 1.29 is 14.3 Å². The Morgan fingerprint density at radius 1 is 1.05 bits per heavy atom. The minimum atomic E-state index is -0.0847. The maximum atomic E-state index is 13.7. The molecule has 190 valence electrons. The number of morpholine rings is 1. The molecule has 2 atom stereocenters. The molecule has 37 heavy (non-hydrogen) atoms. The monoisotopic (exact) mass is 536 g/mol. The van der Waals surface area contributed by atoms with Crippen LogP contribution in [0.1, 0.15) is 16.1 Å². The fraction of sp³-hybridized carbons (Fsp3) is 0.286. The number of rotatable bonds is 5. The van der Waals surface area contributed by atoms with Crippen LogP contribution in [0.3, 0.4) is 0 Å². The van der Waals surface area contributed by atoms with E-state index in [0.29, 0.717) is 54.2 Å². The number of pyridine rings is 1. The van der Waals surface area contributed by atoms with Crippen LogP contribution in [0.15, 0.2) is 66.9 Å². The largest absolute Gasteiger partial charge is 0.497 e. The molecule has 0 radical (unpaired) electrons. The van der Waals surface area contributed by atoms with Crippen LogP contribution >= 0.6 is 23.2 Å². The molecule has 0 spiro atoms. The Labute approximate surface area is 225 Å². The van der Waals surface area contributed by atoms with E-state index in [4.69, 9.17) is 37.7 Å². The zero-order valence-corrected chi connectivity index (χ0v) is 21.8. The summed E-state index contributed by atoms with van der Waals surface area (Å²) < 4.78 is 13.3. The SMILES string of the molecule is COc1ccc(Cl)c(C(=O)N2C3COCC2CN(Cc2c(-c4ccc(Cl)cc4)nc4ccccn24)C3)c1. The summed E-state index contributed by atoms with van der Waals surface area (Å²) in [6.07, 6.45) is 2.05. The van der Waals surface area contributed by atoms with Crippen molar-refractivity contribution in [3.05, 3.63) is 88.2 Å². The molecule has 2 saturated heterocycles. The number of benzene rings is 2. The van der Waals surface area contributed by atoms with Crippen molar-refractivity contribution in [2.75, 3.05) is 33.4 Å². The number of halogens is 2. The number of piperazine rings is 1. The highest BCUT2D eigenvalue weighted by Crippen LogP contribution is 2.31. The fourth-order valence-corrected chi connectivity index (χ4v) is 5.72. The van der Waals surface area contributed by atoms with E-state index in [1.807, 2.05) is 53.6 Å². The summed E-state index contributed by atoms with van der Waals surface area (Å²) in [6, 6.07) is 18.8. The van der Waals surface area contributed by atoms with Gasteiger partial charge in [-0.15, -0.1) is 0 Å². The van der Waals surface area contributed by atoms with Crippen molar-refractivity contribution in [3.63, 3.8) is 0 Å². The molecule has 0 saturated carbocycles. The maximum absolute atomic E-state index is 13.7. The second-order valence-corrected chi connectivity index (χ2v) is 10.3. The third-order valence-electron chi connectivity index (χ3n) is 7.10. The number of methoxy groups -OCH3 is 1. The maximum Gasteiger partial charge on any atom is 0.256 e. The van der Waals surface area contributed by atoms with Gasteiger partial charge in [0.05, 0.1) is 54.4 Å². The van der Waals surface area contributed by atoms with E-state index >= 15 is 0 Å². The van der Waals surface area contributed by atoms with Crippen LogP contribution in [0.4, 0.5) is 0 Å². The lowest BCUT2D eigenvalue weighted by molar-refractivity contribution is -0.0816. The van der Waals surface area contributed by atoms with Crippen LogP contribution in [0, 0.1) is 0 Å². The third kappa shape index (κ3) is 4.57. The number of imidazole rings is 1. The van der Waals surface area contributed by atoms with E-state index in [-0.39, 0.29) is 18.0 Å². The zero-order valence-electron chi connectivity index (χ0n) is 20.3. The van der Waals surface area contributed by atoms with Gasteiger partial charge in [0, 0.05) is 36.4 Å². The van der Waals surface area contributed by atoms with Crippen molar-refractivity contribution in [3.8, 4) is 17.0 Å². The number of nitrogens with zero attached hydrogens (tertiary/aromatic N) is 4. The van der Waals surface area contributed by atoms with Gasteiger partial charge < -0.3 is 18.8 Å². The van der Waals surface area contributed by atoms with Crippen molar-refractivity contribution in [1.82, 2.24) is 19.2 Å². The van der Waals surface area contributed by atoms with E-state index in [1.54, 1.807) is 25.3 Å². The van der Waals surface area contributed by atoms with Gasteiger partial charge in [-0.1, -0.05) is 41.4 Å². The summed E-state index contributed by atoms with van der Waals surface area (Å²) in [6.45, 7) is 3.03. The topological polar surface area (TPSA) is 59.3 Å². The Morgan fingerprint density at radius 2 is 1.81 bits per heavy atom. The van der Waals surface area contributed by atoms with Gasteiger partial charge in [-0.2, -0.15) is 0 Å². The normalized spacial score (nSPS) is 19.8. The van der Waals surface area contributed by atoms with Crippen LogP contribution in [-0.2, 0) is 11.3 Å². The molecule has 2 aliphatic rings. The summed E-state index contributed by atoms with van der Waals surface area (Å²) in [4.78, 5) is 22.9. The summed E-state index contributed by atoms with van der Waals surface area (Å²) >= 11 is 12.6. The Balaban J connectivity index is 1.29. The first-order valence-corrected chi connectivity index (χ1v) is 13.0. The molecule has 2 aliphatic heterocycles. The van der Waals surface area contributed by atoms with Crippen LogP contribution in [-0.4, -0.2) is 70.6 Å². The second-order valence-electron chi connectivity index (χ2n) is 9.44. The molecule has 2 aromatic carbocycles. The molecule has 2 fully saturated rings. The Kier molecular flexibility index (Phi) is 6.55. The van der Waals surface area contributed by atoms with E-state index in [0.717, 1.165) is 22.6 Å². The van der Waals surface area contributed by atoms with Crippen LogP contribution in [0.2, 0.25) is 10.0 Å². The summed E-state index contributed by atoms with van der Waals surface area (Å²) in [5.74, 6) is 0.522. The molecule has 4 aromatic rings. The number of ether oxygens (including phenoxy) is 2. The Morgan fingerprint density at radius 3 is 2.54 bits per heavy atom. The van der Waals surface area contributed by atoms with Gasteiger partial charge in [-0.05, 0) is 42.5 Å². The molecule has 2 unspecified atom stereocenters. The Hall–Kier alpha value is -3.10. The number of amides is 1. The summed E-state index contributed by atoms with van der Waals surface area (Å²) in [7, 11) is 1.58. The highest BCUT2D eigenvalue weighted by molar-refractivity contribution is 6.34. The van der Waals surface area contributed by atoms with Crippen LogP contribution in [0.5, 0.6) is 5.75 Å². The fourth-order valence-electron chi connectivity index (χ4n) is 5.39. The predicted molar refractivity (Wildman–Crippen MR) is 143 cm³/mol. The van der Waals surface area contributed by atoms with Gasteiger partial charge in [-0.25, -0.2) is 4.98 Å². The van der Waals surface area contributed by atoms with Gasteiger partial charge in [0.2, 0.25) is 0 Å². The number of carbonyl (C=O) groups excluding carboxylic acids is 1. The predicted octanol–water partition coefficient (Wildman–Crippen LogP) is 5.04. The minimum Gasteiger partial charge on any atom is -0.497 e. The average Bonchev–Trinajstić information content (AvgIpc) is 3.27. The van der Waals surface area contributed by atoms with Crippen molar-refractivity contribution >= 4 is 34.8 Å². The van der Waals surface area contributed by atoms with Crippen LogP contribution in [0.25, 0.3) is 16.9 Å². The smallest absolute Gasteiger partial charge is 0.256 e. The molecule has 0 aliphatic carbocycles. The molecule has 4 heterocycles. The van der Waals surface area contributed by atoms with Gasteiger partial charge in [0.1, 0.15) is 11.4 Å². The van der Waals surface area contributed by atoms with E-state index in [1.165, 1.54) is 0 Å². The lowest BCUT2D eigenvalue weighted by Gasteiger charge is -2.49. The first-order valence-electron chi connectivity index (χ1n) is 12.2. The molecule has 7 nitrogen and oxygen atoms in total. The summed E-state index contributed by atoms with van der Waals surface area (Å²) in [5.41, 5.74) is 4.41. The molecular weight excluding hydrogens is 511 g/mol. The molecule has 2 aromatic heterocycles. The quantitative estimate of drug-likeness (QED) is 0.357. The molecule has 1 amide bonds. The van der Waals surface area contributed by atoms with Gasteiger partial charge in [-0.3, -0.25) is 9.69 Å². The standard InChI is InChI=1S/C28H26Cl2N4O3/c1-36-22-9-10-24(30)23(12-22)28(35)34-20-13-32(14-21(34)17-37-16-20)15-25-27(18-5-7-19(29)8-6-18)31-26-4-2-3-11-33(25)26/h2-12,20-21H,13-17H2,1H3. The molecule has 0 N–H and O–H groups in total. The van der Waals surface area contributed by atoms with Crippen molar-refractivity contribution in [2.24, 2.45) is 0 Å². The minimum absolute atomic E-state index is 0.0829. The van der Waals surface area contributed by atoms with Gasteiger partial charge in [0.25, 0.3) is 5.91 Å². The zero-order chi connectivity index (χ0) is 25.5. The number of carbonyl (C=O) groups is 1. The summed E-state index contributed by atoms with van der Waals surface area (Å²) in [5, 5.41) is 1.12. The second kappa shape index (κ2) is 9.99. The molecule has 6 rings (SSSR count). The van der Waals surface area contributed by atoms with E-state index < -0.39 is 0 Å². The average molecular weight is 537 g/mol. The lowest BCUT2D eigenvalue weighted by atomic mass is 10.0. The number of aromatic nitrogens is 2. The van der Waals surface area contributed by atoms with Gasteiger partial charge >= 0.3 is 0 Å².